The first kappa shape index (κ1) is 21.1. The van der Waals surface area contributed by atoms with Crippen molar-refractivity contribution in [2.24, 2.45) is 5.92 Å². The molecule has 0 saturated carbocycles. The number of carbonyl (C=O) groups excluding carboxylic acids is 1. The summed E-state index contributed by atoms with van der Waals surface area (Å²) in [4.78, 5) is 21.4. The molecule has 3 heterocycles. The van der Waals surface area contributed by atoms with Crippen molar-refractivity contribution in [1.29, 1.82) is 0 Å². The van der Waals surface area contributed by atoms with E-state index in [1.54, 1.807) is 6.92 Å². The molecule has 0 spiro atoms. The second-order valence-corrected chi connectivity index (χ2v) is 8.49. The largest absolute Gasteiger partial charge is 0.424 e. The third-order valence-electron chi connectivity index (χ3n) is 6.25. The van der Waals surface area contributed by atoms with E-state index < -0.39 is 5.82 Å². The van der Waals surface area contributed by atoms with Crippen LogP contribution in [0.1, 0.15) is 35.7 Å². The number of aryl methyl sites for hydroxylation is 1. The number of aromatic nitrogens is 4. The van der Waals surface area contributed by atoms with E-state index >= 15 is 0 Å². The van der Waals surface area contributed by atoms with Gasteiger partial charge in [0.1, 0.15) is 17.0 Å². The summed E-state index contributed by atoms with van der Waals surface area (Å²) in [6.07, 6.45) is 4.95. The van der Waals surface area contributed by atoms with Crippen LogP contribution in [-0.2, 0) is 0 Å². The second kappa shape index (κ2) is 8.65. The molecule has 2 aromatic heterocycles. The molecular formula is C24H25FN6O2. The summed E-state index contributed by atoms with van der Waals surface area (Å²) in [5.74, 6) is -0.445. The number of oxazole rings is 1. The Morgan fingerprint density at radius 1 is 1.24 bits per heavy atom. The maximum Gasteiger partial charge on any atom is 0.295 e. The number of hydrogen-bond acceptors (Lipinski definition) is 6. The molecule has 5 rings (SSSR count). The Balaban J connectivity index is 1.44. The van der Waals surface area contributed by atoms with Crippen molar-refractivity contribution in [3.63, 3.8) is 0 Å². The summed E-state index contributed by atoms with van der Waals surface area (Å²) < 4.78 is 20.1. The zero-order valence-corrected chi connectivity index (χ0v) is 18.5. The number of amides is 1. The summed E-state index contributed by atoms with van der Waals surface area (Å²) in [6, 6.07) is 10.5. The van der Waals surface area contributed by atoms with Crippen LogP contribution in [0.2, 0.25) is 0 Å². The number of benzene rings is 2. The Morgan fingerprint density at radius 2 is 2.03 bits per heavy atom. The van der Waals surface area contributed by atoms with E-state index in [9.17, 15) is 9.18 Å². The van der Waals surface area contributed by atoms with Gasteiger partial charge in [0.2, 0.25) is 0 Å². The fraction of sp³-hybridized carbons (Fsp3) is 0.333. The summed E-state index contributed by atoms with van der Waals surface area (Å²) in [7, 11) is 0. The van der Waals surface area contributed by atoms with Crippen LogP contribution in [0.15, 0.2) is 53.2 Å². The van der Waals surface area contributed by atoms with Crippen LogP contribution in [0.25, 0.3) is 16.8 Å². The lowest BCUT2D eigenvalue weighted by Crippen LogP contribution is -2.51. The predicted octanol–water partition coefficient (Wildman–Crippen LogP) is 4.21. The van der Waals surface area contributed by atoms with Gasteiger partial charge in [-0.3, -0.25) is 4.79 Å². The minimum absolute atomic E-state index is 0.108. The molecule has 2 atom stereocenters. The molecule has 1 aliphatic heterocycles. The molecule has 0 unspecified atom stereocenters. The lowest BCUT2D eigenvalue weighted by molar-refractivity contribution is 0.0538. The number of para-hydroxylation sites is 2. The van der Waals surface area contributed by atoms with E-state index in [4.69, 9.17) is 4.42 Å². The Morgan fingerprint density at radius 3 is 2.82 bits per heavy atom. The summed E-state index contributed by atoms with van der Waals surface area (Å²) in [5.41, 5.74) is 2.83. The number of nitrogens with zero attached hydrogens (tertiary/aromatic N) is 5. The monoisotopic (exact) mass is 448 g/mol. The van der Waals surface area contributed by atoms with Crippen molar-refractivity contribution in [3.8, 4) is 5.69 Å². The number of hydrogen-bond donors (Lipinski definition) is 1. The van der Waals surface area contributed by atoms with Crippen molar-refractivity contribution in [2.45, 2.75) is 32.7 Å². The van der Waals surface area contributed by atoms with Crippen molar-refractivity contribution >= 4 is 23.0 Å². The minimum atomic E-state index is -0.460. The molecule has 0 aliphatic carbocycles. The molecule has 8 nitrogen and oxygen atoms in total. The van der Waals surface area contributed by atoms with Crippen LogP contribution >= 0.6 is 0 Å². The van der Waals surface area contributed by atoms with Crippen LogP contribution in [0.3, 0.4) is 0 Å². The maximum atomic E-state index is 14.4. The number of rotatable bonds is 5. The number of piperidine rings is 1. The number of fused-ring (bicyclic) bond motifs is 1. The summed E-state index contributed by atoms with van der Waals surface area (Å²) in [5, 5.41) is 11.6. The average Bonchev–Trinajstić information content (AvgIpc) is 3.46. The highest BCUT2D eigenvalue weighted by molar-refractivity contribution is 5.98. The molecule has 0 radical (unpaired) electrons. The van der Waals surface area contributed by atoms with Crippen LogP contribution in [0.4, 0.5) is 10.4 Å². The van der Waals surface area contributed by atoms with Gasteiger partial charge in [-0.05, 0) is 55.5 Å². The van der Waals surface area contributed by atoms with Crippen molar-refractivity contribution in [2.75, 3.05) is 18.4 Å². The quantitative estimate of drug-likeness (QED) is 0.492. The topological polar surface area (TPSA) is 89.1 Å². The summed E-state index contributed by atoms with van der Waals surface area (Å²) in [6.45, 7) is 4.95. The predicted molar refractivity (Wildman–Crippen MR) is 122 cm³/mol. The average molecular weight is 449 g/mol. The highest BCUT2D eigenvalue weighted by Crippen LogP contribution is 2.29. The van der Waals surface area contributed by atoms with E-state index in [-0.39, 0.29) is 23.4 Å². The lowest BCUT2D eigenvalue weighted by Gasteiger charge is -2.40. The van der Waals surface area contributed by atoms with Crippen LogP contribution < -0.4 is 5.32 Å². The smallest absolute Gasteiger partial charge is 0.295 e. The van der Waals surface area contributed by atoms with E-state index in [2.05, 4.69) is 27.4 Å². The number of carbonyl (C=O) groups is 1. The number of halogens is 1. The molecule has 1 saturated heterocycles. The van der Waals surface area contributed by atoms with Gasteiger partial charge in [0.05, 0.1) is 24.0 Å². The van der Waals surface area contributed by atoms with Crippen molar-refractivity contribution in [1.82, 2.24) is 24.9 Å². The molecule has 1 amide bonds. The molecule has 1 aliphatic rings. The van der Waals surface area contributed by atoms with Gasteiger partial charge in [-0.1, -0.05) is 19.1 Å². The molecule has 1 N–H and O–H groups in total. The van der Waals surface area contributed by atoms with E-state index in [1.165, 1.54) is 29.3 Å². The number of nitrogens with one attached hydrogen (secondary N) is 1. The molecular weight excluding hydrogens is 423 g/mol. The molecule has 4 aromatic rings. The van der Waals surface area contributed by atoms with Gasteiger partial charge in [0.15, 0.2) is 5.58 Å². The van der Waals surface area contributed by atoms with E-state index in [0.717, 1.165) is 18.4 Å². The standard InChI is InChI=1S/C24H25FN6O2/c1-15-6-5-11-30(20(15)14-26-24-29-19-7-3-4-8-21(19)33-24)23(32)18-13-17(25)12-16(2)22(18)31-27-9-10-28-31/h3-4,7-10,12-13,15,20H,5-6,11,14H2,1-2H3,(H,26,29)/t15-,20-/m1/s1. The minimum Gasteiger partial charge on any atom is -0.424 e. The highest BCUT2D eigenvalue weighted by Gasteiger charge is 2.34. The van der Waals surface area contributed by atoms with Gasteiger partial charge in [-0.2, -0.15) is 20.0 Å². The zero-order chi connectivity index (χ0) is 22.9. The second-order valence-electron chi connectivity index (χ2n) is 8.49. The van der Waals surface area contributed by atoms with Gasteiger partial charge in [0.25, 0.3) is 11.9 Å². The van der Waals surface area contributed by atoms with Crippen LogP contribution in [0.5, 0.6) is 0 Å². The maximum absolute atomic E-state index is 14.4. The Hall–Kier alpha value is -3.75. The van der Waals surface area contributed by atoms with Gasteiger partial charge in [0, 0.05) is 13.1 Å². The fourth-order valence-electron chi connectivity index (χ4n) is 4.60. The molecule has 33 heavy (non-hydrogen) atoms. The molecule has 2 aromatic carbocycles. The van der Waals surface area contributed by atoms with Crippen molar-refractivity contribution < 1.29 is 13.6 Å². The van der Waals surface area contributed by atoms with Crippen LogP contribution in [0, 0.1) is 18.7 Å². The lowest BCUT2D eigenvalue weighted by atomic mass is 9.89. The van der Waals surface area contributed by atoms with Gasteiger partial charge >= 0.3 is 0 Å². The first-order valence-electron chi connectivity index (χ1n) is 11.1. The molecule has 9 heteroatoms. The highest BCUT2D eigenvalue weighted by atomic mass is 19.1. The summed E-state index contributed by atoms with van der Waals surface area (Å²) >= 11 is 0. The Labute approximate surface area is 190 Å². The molecule has 170 valence electrons. The van der Waals surface area contributed by atoms with Gasteiger partial charge < -0.3 is 14.6 Å². The third kappa shape index (κ3) is 4.06. The first-order valence-corrected chi connectivity index (χ1v) is 11.1. The normalized spacial score (nSPS) is 18.6. The van der Waals surface area contributed by atoms with E-state index in [0.29, 0.717) is 35.9 Å². The third-order valence-corrected chi connectivity index (χ3v) is 6.25. The number of anilines is 1. The van der Waals surface area contributed by atoms with Gasteiger partial charge in [-0.15, -0.1) is 0 Å². The number of likely N-dealkylation sites (tertiary alicyclic amines) is 1. The molecule has 1 fully saturated rings. The Kier molecular flexibility index (Phi) is 5.53. The van der Waals surface area contributed by atoms with E-state index in [1.807, 2.05) is 29.2 Å². The fourth-order valence-corrected chi connectivity index (χ4v) is 4.60. The van der Waals surface area contributed by atoms with Crippen molar-refractivity contribution in [3.05, 3.63) is 65.7 Å². The molecule has 0 bridgehead atoms. The van der Waals surface area contributed by atoms with Crippen LogP contribution in [-0.4, -0.2) is 49.9 Å². The SMILES string of the molecule is Cc1cc(F)cc(C(=O)N2CCC[C@@H](C)[C@H]2CNc2nc3ccccc3o2)c1-n1nccn1. The first-order chi connectivity index (χ1) is 16.0. The Bertz CT molecular complexity index is 1250. The zero-order valence-electron chi connectivity index (χ0n) is 18.5. The van der Waals surface area contributed by atoms with Gasteiger partial charge in [-0.25, -0.2) is 4.39 Å².